The van der Waals surface area contributed by atoms with Gasteiger partial charge in [-0.05, 0) is 32.9 Å². The molecule has 0 aromatic carbocycles. The second-order valence-electron chi connectivity index (χ2n) is 4.28. The maximum absolute atomic E-state index is 6.13. The summed E-state index contributed by atoms with van der Waals surface area (Å²) in [6, 6.07) is 0. The summed E-state index contributed by atoms with van der Waals surface area (Å²) in [5.74, 6) is 0.903. The van der Waals surface area contributed by atoms with Crippen LogP contribution in [0.3, 0.4) is 0 Å². The van der Waals surface area contributed by atoms with Crippen molar-refractivity contribution in [2.75, 3.05) is 20.6 Å². The van der Waals surface area contributed by atoms with Crippen molar-refractivity contribution in [2.45, 2.75) is 31.7 Å². The molecule has 1 rings (SSSR count). The number of rotatable bonds is 3. The van der Waals surface area contributed by atoms with E-state index in [0.717, 1.165) is 12.5 Å². The van der Waals surface area contributed by atoms with Crippen LogP contribution in [0.5, 0.6) is 0 Å². The van der Waals surface area contributed by atoms with Crippen molar-refractivity contribution in [3.63, 3.8) is 0 Å². The van der Waals surface area contributed by atoms with Crippen molar-refractivity contribution >= 4 is 0 Å². The molecular formula is C9H20N2. The van der Waals surface area contributed by atoms with Crippen molar-refractivity contribution in [1.82, 2.24) is 4.90 Å². The van der Waals surface area contributed by atoms with Gasteiger partial charge in [0.05, 0.1) is 0 Å². The third-order valence-corrected chi connectivity index (χ3v) is 2.60. The summed E-state index contributed by atoms with van der Waals surface area (Å²) >= 11 is 0. The van der Waals surface area contributed by atoms with E-state index in [2.05, 4.69) is 25.9 Å². The topological polar surface area (TPSA) is 29.3 Å². The Labute approximate surface area is 69.8 Å². The van der Waals surface area contributed by atoms with E-state index in [9.17, 15) is 0 Å². The fourth-order valence-electron chi connectivity index (χ4n) is 2.14. The van der Waals surface area contributed by atoms with Crippen molar-refractivity contribution in [2.24, 2.45) is 11.7 Å². The molecule has 2 N–H and O–H groups in total. The Morgan fingerprint density at radius 2 is 2.00 bits per heavy atom. The summed E-state index contributed by atoms with van der Waals surface area (Å²) in [4.78, 5) is 2.19. The molecule has 0 atom stereocenters. The second-order valence-corrected chi connectivity index (χ2v) is 4.28. The highest BCUT2D eigenvalue weighted by molar-refractivity contribution is 4.99. The number of nitrogens with zero attached hydrogens (tertiary/aromatic N) is 1. The Hall–Kier alpha value is -0.0800. The van der Waals surface area contributed by atoms with E-state index in [0.29, 0.717) is 0 Å². The molecule has 2 nitrogen and oxygen atoms in total. The standard InChI is InChI=1S/C9H20N2/c1-4-8-5-9(10,6-8)7-11(2)3/h8H,4-7,10H2,1-3H3/t8-,9-. The summed E-state index contributed by atoms with van der Waals surface area (Å²) in [5.41, 5.74) is 6.27. The second kappa shape index (κ2) is 3.11. The van der Waals surface area contributed by atoms with Crippen LogP contribution in [-0.2, 0) is 0 Å². The normalized spacial score (nSPS) is 37.4. The van der Waals surface area contributed by atoms with Crippen molar-refractivity contribution < 1.29 is 0 Å². The number of hydrogen-bond acceptors (Lipinski definition) is 2. The summed E-state index contributed by atoms with van der Waals surface area (Å²) in [6.45, 7) is 3.30. The minimum Gasteiger partial charge on any atom is -0.324 e. The van der Waals surface area contributed by atoms with E-state index in [1.807, 2.05) is 0 Å². The zero-order valence-electron chi connectivity index (χ0n) is 7.93. The Bertz CT molecular complexity index is 126. The largest absolute Gasteiger partial charge is 0.324 e. The van der Waals surface area contributed by atoms with Gasteiger partial charge in [-0.25, -0.2) is 0 Å². The Morgan fingerprint density at radius 1 is 1.45 bits per heavy atom. The van der Waals surface area contributed by atoms with E-state index in [4.69, 9.17) is 5.73 Å². The maximum Gasteiger partial charge on any atom is 0.0288 e. The van der Waals surface area contributed by atoms with Crippen LogP contribution < -0.4 is 5.73 Å². The van der Waals surface area contributed by atoms with E-state index in [1.54, 1.807) is 0 Å². The van der Waals surface area contributed by atoms with Gasteiger partial charge in [-0.3, -0.25) is 0 Å². The Kier molecular flexibility index (Phi) is 2.55. The van der Waals surface area contributed by atoms with Crippen LogP contribution in [-0.4, -0.2) is 31.1 Å². The lowest BCUT2D eigenvalue weighted by atomic mass is 9.67. The molecule has 0 radical (unpaired) electrons. The van der Waals surface area contributed by atoms with Gasteiger partial charge < -0.3 is 10.6 Å². The van der Waals surface area contributed by atoms with Crippen molar-refractivity contribution in [1.29, 1.82) is 0 Å². The molecule has 0 heterocycles. The Balaban J connectivity index is 2.25. The van der Waals surface area contributed by atoms with Crippen LogP contribution in [0.15, 0.2) is 0 Å². The first-order valence-corrected chi connectivity index (χ1v) is 4.49. The van der Waals surface area contributed by atoms with E-state index < -0.39 is 0 Å². The van der Waals surface area contributed by atoms with Crippen LogP contribution in [0.25, 0.3) is 0 Å². The average Bonchev–Trinajstić information content (AvgIpc) is 1.80. The van der Waals surface area contributed by atoms with Gasteiger partial charge in [0.25, 0.3) is 0 Å². The lowest BCUT2D eigenvalue weighted by molar-refractivity contribution is 0.109. The zero-order chi connectivity index (χ0) is 8.48. The molecular weight excluding hydrogens is 136 g/mol. The first kappa shape index (κ1) is 9.01. The summed E-state index contributed by atoms with van der Waals surface area (Å²) in [6.07, 6.45) is 3.75. The molecule has 1 saturated carbocycles. The van der Waals surface area contributed by atoms with Crippen LogP contribution in [0.2, 0.25) is 0 Å². The van der Waals surface area contributed by atoms with Crippen molar-refractivity contribution in [3.8, 4) is 0 Å². The molecule has 0 spiro atoms. The first-order chi connectivity index (χ1) is 5.06. The third-order valence-electron chi connectivity index (χ3n) is 2.60. The van der Waals surface area contributed by atoms with Crippen molar-refractivity contribution in [3.05, 3.63) is 0 Å². The van der Waals surface area contributed by atoms with Crippen LogP contribution in [0.4, 0.5) is 0 Å². The lowest BCUT2D eigenvalue weighted by Crippen LogP contribution is -2.57. The maximum atomic E-state index is 6.13. The number of nitrogens with two attached hydrogens (primary N) is 1. The molecule has 11 heavy (non-hydrogen) atoms. The summed E-state index contributed by atoms with van der Waals surface area (Å²) in [5, 5.41) is 0. The molecule has 0 aromatic heterocycles. The average molecular weight is 156 g/mol. The highest BCUT2D eigenvalue weighted by Crippen LogP contribution is 2.37. The molecule has 0 bridgehead atoms. The third kappa shape index (κ3) is 2.17. The van der Waals surface area contributed by atoms with Crippen LogP contribution in [0, 0.1) is 5.92 Å². The minimum atomic E-state index is 0.143. The monoisotopic (exact) mass is 156 g/mol. The highest BCUT2D eigenvalue weighted by Gasteiger charge is 2.39. The molecule has 66 valence electrons. The minimum absolute atomic E-state index is 0.143. The van der Waals surface area contributed by atoms with Gasteiger partial charge in [0.2, 0.25) is 0 Å². The molecule has 1 aliphatic rings. The smallest absolute Gasteiger partial charge is 0.0288 e. The van der Waals surface area contributed by atoms with Gasteiger partial charge in [-0.1, -0.05) is 13.3 Å². The van der Waals surface area contributed by atoms with Crippen LogP contribution >= 0.6 is 0 Å². The fourth-order valence-corrected chi connectivity index (χ4v) is 2.14. The van der Waals surface area contributed by atoms with E-state index in [1.165, 1.54) is 19.3 Å². The number of hydrogen-bond donors (Lipinski definition) is 1. The SMILES string of the molecule is CC[C@H]1C[C@@](N)(CN(C)C)C1. The predicted octanol–water partition coefficient (Wildman–Crippen LogP) is 1.07. The molecule has 1 aliphatic carbocycles. The lowest BCUT2D eigenvalue weighted by Gasteiger charge is -2.46. The molecule has 0 unspecified atom stereocenters. The summed E-state index contributed by atoms with van der Waals surface area (Å²) in [7, 11) is 4.18. The quantitative estimate of drug-likeness (QED) is 0.662. The van der Waals surface area contributed by atoms with Gasteiger partial charge in [0.1, 0.15) is 0 Å². The van der Waals surface area contributed by atoms with Gasteiger partial charge in [-0.2, -0.15) is 0 Å². The molecule has 0 amide bonds. The number of likely N-dealkylation sites (N-methyl/N-ethyl adjacent to an activating group) is 1. The molecule has 0 aromatic rings. The van der Waals surface area contributed by atoms with Gasteiger partial charge >= 0.3 is 0 Å². The van der Waals surface area contributed by atoms with E-state index >= 15 is 0 Å². The first-order valence-electron chi connectivity index (χ1n) is 4.49. The zero-order valence-corrected chi connectivity index (χ0v) is 7.93. The highest BCUT2D eigenvalue weighted by atomic mass is 15.1. The van der Waals surface area contributed by atoms with Crippen LogP contribution in [0.1, 0.15) is 26.2 Å². The van der Waals surface area contributed by atoms with E-state index in [-0.39, 0.29) is 5.54 Å². The molecule has 0 saturated heterocycles. The molecule has 2 heteroatoms. The molecule has 1 fully saturated rings. The molecule has 0 aliphatic heterocycles. The van der Waals surface area contributed by atoms with Gasteiger partial charge in [-0.15, -0.1) is 0 Å². The summed E-state index contributed by atoms with van der Waals surface area (Å²) < 4.78 is 0. The van der Waals surface area contributed by atoms with Gasteiger partial charge in [0.15, 0.2) is 0 Å². The predicted molar refractivity (Wildman–Crippen MR) is 48.5 cm³/mol. The van der Waals surface area contributed by atoms with Gasteiger partial charge in [0, 0.05) is 12.1 Å². The Morgan fingerprint density at radius 3 is 2.36 bits per heavy atom. The fraction of sp³-hybridized carbons (Fsp3) is 1.00.